The van der Waals surface area contributed by atoms with Crippen LogP contribution < -0.4 is 0 Å². The summed E-state index contributed by atoms with van der Waals surface area (Å²) >= 11 is 0. The van der Waals surface area contributed by atoms with E-state index in [1.807, 2.05) is 0 Å². The van der Waals surface area contributed by atoms with Crippen LogP contribution in [-0.4, -0.2) is 47.3 Å². The molecule has 20 heavy (non-hydrogen) atoms. The third-order valence-electron chi connectivity index (χ3n) is 4.68. The van der Waals surface area contributed by atoms with E-state index in [0.717, 1.165) is 32.2 Å². The number of hydrogen-bond acceptors (Lipinski definition) is 2. The molecular formula is C16H26N2O2. The zero-order valence-corrected chi connectivity index (χ0v) is 12.7. The van der Waals surface area contributed by atoms with Crippen LogP contribution in [0.2, 0.25) is 0 Å². The van der Waals surface area contributed by atoms with Gasteiger partial charge in [-0.15, -0.1) is 0 Å². The van der Waals surface area contributed by atoms with Gasteiger partial charge in [0.25, 0.3) is 0 Å². The van der Waals surface area contributed by atoms with Gasteiger partial charge in [0, 0.05) is 31.6 Å². The molecule has 2 aliphatic heterocycles. The van der Waals surface area contributed by atoms with Crippen LogP contribution in [0.15, 0.2) is 12.7 Å². The van der Waals surface area contributed by atoms with Gasteiger partial charge in [0.2, 0.25) is 11.8 Å². The third kappa shape index (κ3) is 3.05. The molecule has 4 heteroatoms. The largest absolute Gasteiger partial charge is 0.339 e. The van der Waals surface area contributed by atoms with E-state index in [0.29, 0.717) is 31.0 Å². The molecule has 0 aliphatic carbocycles. The maximum absolute atomic E-state index is 12.7. The molecule has 0 aromatic carbocycles. The van der Waals surface area contributed by atoms with E-state index in [1.165, 1.54) is 6.08 Å². The van der Waals surface area contributed by atoms with Gasteiger partial charge in [0.1, 0.15) is 0 Å². The predicted molar refractivity (Wildman–Crippen MR) is 79.1 cm³/mol. The van der Waals surface area contributed by atoms with Crippen LogP contribution in [0.25, 0.3) is 0 Å². The summed E-state index contributed by atoms with van der Waals surface area (Å²) in [6, 6.07) is 0.412. The van der Waals surface area contributed by atoms with E-state index in [9.17, 15) is 9.59 Å². The minimum Gasteiger partial charge on any atom is -0.339 e. The van der Waals surface area contributed by atoms with E-state index in [1.54, 1.807) is 4.90 Å². The molecule has 0 N–H and O–H groups in total. The Labute approximate surface area is 121 Å². The van der Waals surface area contributed by atoms with Crippen LogP contribution in [-0.2, 0) is 9.59 Å². The summed E-state index contributed by atoms with van der Waals surface area (Å²) < 4.78 is 0. The van der Waals surface area contributed by atoms with Gasteiger partial charge in [-0.25, -0.2) is 0 Å². The van der Waals surface area contributed by atoms with Crippen LogP contribution in [0, 0.1) is 11.8 Å². The highest BCUT2D eigenvalue weighted by Gasteiger charge is 2.36. The van der Waals surface area contributed by atoms with Crippen molar-refractivity contribution in [3.05, 3.63) is 12.7 Å². The summed E-state index contributed by atoms with van der Waals surface area (Å²) in [5.74, 6) is 0.927. The van der Waals surface area contributed by atoms with Gasteiger partial charge in [-0.2, -0.15) is 0 Å². The average Bonchev–Trinajstić information content (AvgIpc) is 2.95. The van der Waals surface area contributed by atoms with E-state index in [-0.39, 0.29) is 11.8 Å². The highest BCUT2D eigenvalue weighted by Crippen LogP contribution is 2.28. The summed E-state index contributed by atoms with van der Waals surface area (Å²) in [5.41, 5.74) is 0. The highest BCUT2D eigenvalue weighted by atomic mass is 16.2. The molecule has 2 saturated heterocycles. The fourth-order valence-electron chi connectivity index (χ4n) is 3.47. The van der Waals surface area contributed by atoms with Crippen molar-refractivity contribution >= 4 is 11.8 Å². The summed E-state index contributed by atoms with van der Waals surface area (Å²) in [5, 5.41) is 0. The number of carbonyl (C=O) groups excluding carboxylic acids is 2. The smallest absolute Gasteiger partial charge is 0.245 e. The van der Waals surface area contributed by atoms with Gasteiger partial charge in [-0.3, -0.25) is 9.59 Å². The maximum Gasteiger partial charge on any atom is 0.245 e. The molecule has 1 unspecified atom stereocenters. The Kier molecular flexibility index (Phi) is 4.84. The number of hydrogen-bond donors (Lipinski definition) is 0. The molecule has 0 aromatic rings. The van der Waals surface area contributed by atoms with E-state index in [2.05, 4.69) is 25.3 Å². The molecular weight excluding hydrogens is 252 g/mol. The SMILES string of the molecule is C=CC(=O)N1CCC(C(=O)N2CCCC2C(C)C)CC1. The molecule has 2 heterocycles. The van der Waals surface area contributed by atoms with Crippen LogP contribution in [0.3, 0.4) is 0 Å². The second-order valence-corrected chi connectivity index (χ2v) is 6.29. The zero-order chi connectivity index (χ0) is 14.7. The first-order valence-electron chi connectivity index (χ1n) is 7.76. The zero-order valence-electron chi connectivity index (χ0n) is 12.7. The lowest BCUT2D eigenvalue weighted by Crippen LogP contribution is -2.46. The fraction of sp³-hybridized carbons (Fsp3) is 0.750. The Bertz CT molecular complexity index is 384. The Morgan fingerprint density at radius 2 is 1.80 bits per heavy atom. The molecule has 0 bridgehead atoms. The van der Waals surface area contributed by atoms with Crippen molar-refractivity contribution < 1.29 is 9.59 Å². The maximum atomic E-state index is 12.7. The lowest BCUT2D eigenvalue weighted by atomic mass is 9.93. The summed E-state index contributed by atoms with van der Waals surface area (Å²) in [6.07, 6.45) is 5.20. The Morgan fingerprint density at radius 1 is 1.15 bits per heavy atom. The predicted octanol–water partition coefficient (Wildman–Crippen LogP) is 2.06. The van der Waals surface area contributed by atoms with Gasteiger partial charge in [0.05, 0.1) is 0 Å². The fourth-order valence-corrected chi connectivity index (χ4v) is 3.47. The first-order chi connectivity index (χ1) is 9.54. The molecule has 2 aliphatic rings. The Morgan fingerprint density at radius 3 is 2.35 bits per heavy atom. The molecule has 112 valence electrons. The number of likely N-dealkylation sites (tertiary alicyclic amines) is 2. The second-order valence-electron chi connectivity index (χ2n) is 6.29. The van der Waals surface area contributed by atoms with Crippen molar-refractivity contribution in [3.8, 4) is 0 Å². The van der Waals surface area contributed by atoms with Gasteiger partial charge >= 0.3 is 0 Å². The van der Waals surface area contributed by atoms with Crippen molar-refractivity contribution in [1.82, 2.24) is 9.80 Å². The van der Waals surface area contributed by atoms with Crippen LogP contribution in [0.1, 0.15) is 39.5 Å². The van der Waals surface area contributed by atoms with E-state index >= 15 is 0 Å². The Balaban J connectivity index is 1.91. The summed E-state index contributed by atoms with van der Waals surface area (Å²) in [6.45, 7) is 10.2. The molecule has 0 spiro atoms. The first-order valence-corrected chi connectivity index (χ1v) is 7.76. The lowest BCUT2D eigenvalue weighted by Gasteiger charge is -2.35. The van der Waals surface area contributed by atoms with Crippen molar-refractivity contribution in [2.24, 2.45) is 11.8 Å². The van der Waals surface area contributed by atoms with Gasteiger partial charge in [-0.1, -0.05) is 20.4 Å². The van der Waals surface area contributed by atoms with Crippen molar-refractivity contribution in [1.29, 1.82) is 0 Å². The normalized spacial score (nSPS) is 24.2. The van der Waals surface area contributed by atoms with Crippen LogP contribution in [0.4, 0.5) is 0 Å². The number of piperidine rings is 1. The summed E-state index contributed by atoms with van der Waals surface area (Å²) in [4.78, 5) is 28.1. The first kappa shape index (κ1) is 15.1. The number of nitrogens with zero attached hydrogens (tertiary/aromatic N) is 2. The van der Waals surface area contributed by atoms with Gasteiger partial charge in [0.15, 0.2) is 0 Å². The van der Waals surface area contributed by atoms with Gasteiger partial charge < -0.3 is 9.80 Å². The monoisotopic (exact) mass is 278 g/mol. The molecule has 0 radical (unpaired) electrons. The van der Waals surface area contributed by atoms with Crippen molar-refractivity contribution in [2.45, 2.75) is 45.6 Å². The number of carbonyl (C=O) groups is 2. The Hall–Kier alpha value is -1.32. The number of rotatable bonds is 3. The summed E-state index contributed by atoms with van der Waals surface area (Å²) in [7, 11) is 0. The number of amides is 2. The lowest BCUT2D eigenvalue weighted by molar-refractivity contribution is -0.140. The third-order valence-corrected chi connectivity index (χ3v) is 4.68. The quantitative estimate of drug-likeness (QED) is 0.741. The van der Waals surface area contributed by atoms with Crippen molar-refractivity contribution in [3.63, 3.8) is 0 Å². The van der Waals surface area contributed by atoms with Crippen molar-refractivity contribution in [2.75, 3.05) is 19.6 Å². The standard InChI is InChI=1S/C16H26N2O2/c1-4-15(19)17-10-7-13(8-11-17)16(20)18-9-5-6-14(18)12(2)3/h4,12-14H,1,5-11H2,2-3H3. The average molecular weight is 278 g/mol. The topological polar surface area (TPSA) is 40.6 Å². The van der Waals surface area contributed by atoms with E-state index in [4.69, 9.17) is 0 Å². The molecule has 4 nitrogen and oxygen atoms in total. The molecule has 0 aromatic heterocycles. The van der Waals surface area contributed by atoms with Crippen LogP contribution >= 0.6 is 0 Å². The highest BCUT2D eigenvalue weighted by molar-refractivity contribution is 5.87. The molecule has 0 saturated carbocycles. The molecule has 2 fully saturated rings. The minimum atomic E-state index is -0.0165. The second kappa shape index (κ2) is 6.42. The van der Waals surface area contributed by atoms with Gasteiger partial charge in [-0.05, 0) is 37.7 Å². The molecule has 1 atom stereocenters. The van der Waals surface area contributed by atoms with Crippen LogP contribution in [0.5, 0.6) is 0 Å². The van der Waals surface area contributed by atoms with E-state index < -0.39 is 0 Å². The molecule has 2 rings (SSSR count). The molecule has 2 amide bonds. The minimum absolute atomic E-state index is 0.0165.